The predicted molar refractivity (Wildman–Crippen MR) is 298 cm³/mol. The zero-order valence-electron chi connectivity index (χ0n) is 38.5. The fraction of sp³-hybridized carbons (Fsp3) is 0.0448. The zero-order chi connectivity index (χ0) is 46.2. The number of hydrogen-bond acceptors (Lipinski definition) is 2. The molecule has 0 radical (unpaired) electrons. The van der Waals surface area contributed by atoms with Crippen LogP contribution in [0.15, 0.2) is 255 Å². The molecule has 10 aromatic carbocycles. The lowest BCUT2D eigenvalue weighted by Crippen LogP contribution is -2.28. The van der Waals surface area contributed by atoms with Crippen molar-refractivity contribution < 1.29 is 0 Å². The summed E-state index contributed by atoms with van der Waals surface area (Å²) in [5, 5.41) is 5.16. The van der Waals surface area contributed by atoms with Crippen molar-refractivity contribution in [1.29, 1.82) is 0 Å². The number of allylic oxidation sites excluding steroid dienone is 4. The normalized spacial score (nSPS) is 13.7. The molecule has 2 nitrogen and oxygen atoms in total. The van der Waals surface area contributed by atoms with Gasteiger partial charge in [-0.2, -0.15) is 0 Å². The number of anilines is 3. The van der Waals surface area contributed by atoms with Gasteiger partial charge in [-0.1, -0.05) is 194 Å². The van der Waals surface area contributed by atoms with Crippen molar-refractivity contribution in [2.75, 3.05) is 4.90 Å². The summed E-state index contributed by atoms with van der Waals surface area (Å²) in [5.74, 6) is 0. The Balaban J connectivity index is 1.01. The lowest BCUT2D eigenvalue weighted by molar-refractivity contribution is 0.768. The minimum atomic E-state index is -0.528. The van der Waals surface area contributed by atoms with Gasteiger partial charge < -0.3 is 9.47 Å². The lowest BCUT2D eigenvalue weighted by Gasteiger charge is -2.35. The number of thiophene rings is 1. The quantitative estimate of drug-likeness (QED) is 0.147. The molecule has 0 atom stereocenters. The Morgan fingerprint density at radius 1 is 0.429 bits per heavy atom. The third-order valence-electron chi connectivity index (χ3n) is 14.9. The highest BCUT2D eigenvalue weighted by Crippen LogP contribution is 2.57. The van der Waals surface area contributed by atoms with E-state index in [1.54, 1.807) is 0 Å². The smallest absolute Gasteiger partial charge is 0.0714 e. The van der Waals surface area contributed by atoms with Crippen LogP contribution in [0.4, 0.5) is 17.1 Å². The van der Waals surface area contributed by atoms with Gasteiger partial charge in [0, 0.05) is 59.3 Å². The number of nitrogens with zero attached hydrogens (tertiary/aromatic N) is 2. The summed E-state index contributed by atoms with van der Waals surface area (Å²) in [4.78, 5) is 2.47. The Hall–Kier alpha value is -8.50. The number of aromatic nitrogens is 1. The molecule has 330 valence electrons. The Bertz CT molecular complexity index is 4000. The first-order chi connectivity index (χ1) is 34.7. The molecule has 2 aliphatic carbocycles. The molecule has 0 fully saturated rings. The molecule has 0 N–H and O–H groups in total. The van der Waals surface area contributed by atoms with Gasteiger partial charge in [0.15, 0.2) is 0 Å². The molecule has 0 aliphatic heterocycles. The van der Waals surface area contributed by atoms with Crippen LogP contribution < -0.4 is 4.90 Å². The van der Waals surface area contributed by atoms with E-state index in [1.165, 1.54) is 103 Å². The molecule has 2 aromatic heterocycles. The van der Waals surface area contributed by atoms with Crippen molar-refractivity contribution >= 4 is 76.1 Å². The summed E-state index contributed by atoms with van der Waals surface area (Å²) < 4.78 is 5.13. The third-order valence-corrected chi connectivity index (χ3v) is 16.1. The van der Waals surface area contributed by atoms with Crippen molar-refractivity contribution in [2.24, 2.45) is 0 Å². The zero-order valence-corrected chi connectivity index (χ0v) is 39.3. The largest absolute Gasteiger partial charge is 0.310 e. The minimum absolute atomic E-state index is 0.528. The van der Waals surface area contributed by atoms with Crippen LogP contribution in [0.25, 0.3) is 81.1 Å². The lowest BCUT2D eigenvalue weighted by atomic mass is 9.67. The number of fused-ring (bicyclic) bond motifs is 10. The molecule has 14 rings (SSSR count). The maximum absolute atomic E-state index is 2.53. The molecule has 2 heterocycles. The van der Waals surface area contributed by atoms with Crippen LogP contribution in [0.1, 0.15) is 35.1 Å². The third kappa shape index (κ3) is 6.18. The highest BCUT2D eigenvalue weighted by atomic mass is 32.1. The van der Waals surface area contributed by atoms with Gasteiger partial charge in [-0.3, -0.25) is 0 Å². The number of rotatable bonds is 8. The van der Waals surface area contributed by atoms with Gasteiger partial charge in [-0.25, -0.2) is 0 Å². The number of hydrogen-bond donors (Lipinski definition) is 0. The van der Waals surface area contributed by atoms with E-state index in [9.17, 15) is 0 Å². The molecular weight excluding hydrogens is 865 g/mol. The van der Waals surface area contributed by atoms with Crippen LogP contribution in [0, 0.1) is 0 Å². The number of benzene rings is 10. The van der Waals surface area contributed by atoms with E-state index in [-0.39, 0.29) is 0 Å². The summed E-state index contributed by atoms with van der Waals surface area (Å²) in [7, 11) is 0. The van der Waals surface area contributed by atoms with E-state index < -0.39 is 5.41 Å². The highest BCUT2D eigenvalue weighted by Gasteiger charge is 2.46. The topological polar surface area (TPSA) is 8.17 Å². The molecule has 0 saturated carbocycles. The SMILES string of the molecule is C1=CC(n2c3ccccc3c3cc(-c4cccc(N(c5ccc(-c6ccccc6)cc5)c5ccc6c(c5)C(c5ccccc5)(c5ccccc5)c5ccccc5-6)c4)c4sc5ccccc5c4c32)=CCC1. The predicted octanol–water partition coefficient (Wildman–Crippen LogP) is 18.5. The Morgan fingerprint density at radius 2 is 1.06 bits per heavy atom. The van der Waals surface area contributed by atoms with Gasteiger partial charge >= 0.3 is 0 Å². The molecule has 0 spiro atoms. The van der Waals surface area contributed by atoms with Crippen LogP contribution in [0.5, 0.6) is 0 Å². The first-order valence-corrected chi connectivity index (χ1v) is 25.2. The second kappa shape index (κ2) is 16.3. The van der Waals surface area contributed by atoms with Gasteiger partial charge in [-0.05, 0) is 124 Å². The van der Waals surface area contributed by atoms with Gasteiger partial charge in [0.2, 0.25) is 0 Å². The Labute approximate surface area is 412 Å². The average Bonchev–Trinajstić information content (AvgIpc) is 4.08. The molecule has 12 aromatic rings. The monoisotopic (exact) mass is 910 g/mol. The molecule has 2 aliphatic rings. The van der Waals surface area contributed by atoms with Crippen LogP contribution in [0.2, 0.25) is 0 Å². The van der Waals surface area contributed by atoms with E-state index in [1.807, 2.05) is 11.3 Å². The van der Waals surface area contributed by atoms with Gasteiger partial charge in [0.25, 0.3) is 0 Å². The Kier molecular flexibility index (Phi) is 9.47. The fourth-order valence-corrected chi connectivity index (χ4v) is 13.1. The van der Waals surface area contributed by atoms with E-state index in [0.29, 0.717) is 0 Å². The summed E-state index contributed by atoms with van der Waals surface area (Å²) in [6.07, 6.45) is 9.16. The standard InChI is InChI=1S/C67H46N2S/c1-5-20-45(21-6-1)46-36-38-51(39-37-46)68(53-40-41-55-54-30-13-16-33-60(54)67(61(55)43-53,48-23-7-2-8-24-48)49-25-9-3-10-26-49)52-29-19-22-47(42-52)58-44-59-56-31-14-17-34-62(56)69(50-27-11-4-12-28-50)65(59)64-57-32-15-18-35-63(57)70-66(58)64/h1-3,5-11,13-44H,4,12H2. The molecule has 0 unspecified atom stereocenters. The summed E-state index contributed by atoms with van der Waals surface area (Å²) >= 11 is 1.91. The van der Waals surface area contributed by atoms with E-state index in [4.69, 9.17) is 0 Å². The average molecular weight is 911 g/mol. The first-order valence-electron chi connectivity index (χ1n) is 24.4. The molecule has 3 heteroatoms. The molecule has 0 bridgehead atoms. The summed E-state index contributed by atoms with van der Waals surface area (Å²) in [6.45, 7) is 0. The van der Waals surface area contributed by atoms with Gasteiger partial charge in [0.1, 0.15) is 0 Å². The minimum Gasteiger partial charge on any atom is -0.310 e. The molecule has 70 heavy (non-hydrogen) atoms. The van der Waals surface area contributed by atoms with E-state index >= 15 is 0 Å². The molecule has 0 amide bonds. The van der Waals surface area contributed by atoms with Crippen LogP contribution in [-0.2, 0) is 5.41 Å². The maximum atomic E-state index is 2.53. The highest BCUT2D eigenvalue weighted by molar-refractivity contribution is 7.26. The first kappa shape index (κ1) is 40.6. The van der Waals surface area contributed by atoms with Crippen LogP contribution in [-0.4, -0.2) is 4.57 Å². The van der Waals surface area contributed by atoms with E-state index in [2.05, 4.69) is 264 Å². The molecular formula is C67H46N2S. The van der Waals surface area contributed by atoms with Crippen molar-refractivity contribution in [1.82, 2.24) is 4.57 Å². The van der Waals surface area contributed by atoms with Crippen molar-refractivity contribution in [3.8, 4) is 33.4 Å². The second-order valence-electron chi connectivity index (χ2n) is 18.6. The van der Waals surface area contributed by atoms with Crippen LogP contribution in [0.3, 0.4) is 0 Å². The van der Waals surface area contributed by atoms with Crippen LogP contribution >= 0.6 is 11.3 Å². The van der Waals surface area contributed by atoms with E-state index in [0.717, 1.165) is 29.9 Å². The van der Waals surface area contributed by atoms with Crippen molar-refractivity contribution in [3.05, 3.63) is 277 Å². The van der Waals surface area contributed by atoms with Gasteiger partial charge in [-0.15, -0.1) is 11.3 Å². The van der Waals surface area contributed by atoms with Crippen molar-refractivity contribution in [2.45, 2.75) is 18.3 Å². The second-order valence-corrected chi connectivity index (χ2v) is 19.7. The Morgan fingerprint density at radius 3 is 1.83 bits per heavy atom. The summed E-state index contributed by atoms with van der Waals surface area (Å²) in [5.41, 5.74) is 19.0. The molecule has 0 saturated heterocycles. The van der Waals surface area contributed by atoms with Gasteiger partial charge in [0.05, 0.1) is 16.4 Å². The number of para-hydroxylation sites is 1. The summed E-state index contributed by atoms with van der Waals surface area (Å²) in [6, 6.07) is 87.9. The maximum Gasteiger partial charge on any atom is 0.0714 e. The fourth-order valence-electron chi connectivity index (χ4n) is 11.9. The van der Waals surface area contributed by atoms with Crippen molar-refractivity contribution in [3.63, 3.8) is 0 Å².